The lowest BCUT2D eigenvalue weighted by Gasteiger charge is -2.20. The number of fused-ring (bicyclic) bond motifs is 1. The fraction of sp³-hybridized carbons (Fsp3) is 0.500. The minimum absolute atomic E-state index is 0.175. The van der Waals surface area contributed by atoms with Gasteiger partial charge in [-0.1, -0.05) is 0 Å². The standard InChI is InChI=1S/C10H12BrN5O4/c1-10(19)5(18)4(17)8(20-10)16-7-3(15-9(16)11)6(12)13-2-14-7/h2,4-5,8,17-19H,1H3,(H2,12,13,14)/t4-,5-,8+,10-/m0/s1. The molecule has 108 valence electrons. The molecule has 0 amide bonds. The summed E-state index contributed by atoms with van der Waals surface area (Å²) in [7, 11) is 0. The van der Waals surface area contributed by atoms with Crippen molar-refractivity contribution < 1.29 is 20.1 Å². The molecule has 0 aliphatic carbocycles. The highest BCUT2D eigenvalue weighted by Crippen LogP contribution is 2.38. The molecular formula is C10H12BrN5O4. The average Bonchev–Trinajstić information content (AvgIpc) is 2.80. The van der Waals surface area contributed by atoms with Gasteiger partial charge < -0.3 is 25.8 Å². The molecule has 0 spiro atoms. The SMILES string of the molecule is C[C@]1(O)O[C@@H](n2c(Br)nc3c(N)ncnc32)[C@@H](O)[C@@H]1O. The number of rotatable bonds is 1. The number of aliphatic hydroxyl groups excluding tert-OH is 2. The third-order valence-corrected chi connectivity index (χ3v) is 3.80. The summed E-state index contributed by atoms with van der Waals surface area (Å²) >= 11 is 3.21. The Morgan fingerprint density at radius 1 is 1.45 bits per heavy atom. The minimum Gasteiger partial charge on any atom is -0.385 e. The van der Waals surface area contributed by atoms with Gasteiger partial charge in [-0.25, -0.2) is 15.0 Å². The number of nitrogen functional groups attached to an aromatic ring is 1. The van der Waals surface area contributed by atoms with Crippen LogP contribution in [0.15, 0.2) is 11.1 Å². The van der Waals surface area contributed by atoms with E-state index in [2.05, 4.69) is 30.9 Å². The molecule has 0 aromatic carbocycles. The molecule has 0 radical (unpaired) electrons. The van der Waals surface area contributed by atoms with E-state index in [0.29, 0.717) is 11.2 Å². The van der Waals surface area contributed by atoms with Crippen LogP contribution in [0, 0.1) is 0 Å². The lowest BCUT2D eigenvalue weighted by atomic mass is 10.1. The van der Waals surface area contributed by atoms with Gasteiger partial charge in [0, 0.05) is 0 Å². The number of nitrogens with two attached hydrogens (primary N) is 1. The first-order valence-corrected chi connectivity index (χ1v) is 6.52. The highest BCUT2D eigenvalue weighted by molar-refractivity contribution is 9.10. The van der Waals surface area contributed by atoms with E-state index in [-0.39, 0.29) is 10.6 Å². The quantitative estimate of drug-likeness (QED) is 0.489. The number of anilines is 1. The van der Waals surface area contributed by atoms with E-state index in [9.17, 15) is 15.3 Å². The van der Waals surface area contributed by atoms with Crippen LogP contribution in [-0.4, -0.2) is 52.8 Å². The Hall–Kier alpha value is -1.33. The minimum atomic E-state index is -1.88. The Morgan fingerprint density at radius 3 is 2.75 bits per heavy atom. The van der Waals surface area contributed by atoms with E-state index >= 15 is 0 Å². The Kier molecular flexibility index (Phi) is 2.95. The third-order valence-electron chi connectivity index (χ3n) is 3.24. The number of halogens is 1. The number of ether oxygens (including phenoxy) is 1. The second-order valence-electron chi connectivity index (χ2n) is 4.68. The third kappa shape index (κ3) is 1.80. The molecule has 3 rings (SSSR count). The van der Waals surface area contributed by atoms with Crippen LogP contribution >= 0.6 is 15.9 Å². The molecule has 1 fully saturated rings. The van der Waals surface area contributed by atoms with Crippen LogP contribution in [-0.2, 0) is 4.74 Å². The number of hydrogen-bond acceptors (Lipinski definition) is 8. The Labute approximate surface area is 121 Å². The van der Waals surface area contributed by atoms with Crippen molar-refractivity contribution >= 4 is 32.9 Å². The van der Waals surface area contributed by atoms with Gasteiger partial charge in [-0.2, -0.15) is 0 Å². The van der Waals surface area contributed by atoms with Gasteiger partial charge in [0.05, 0.1) is 0 Å². The van der Waals surface area contributed by atoms with Crippen molar-refractivity contribution in [3.8, 4) is 0 Å². The van der Waals surface area contributed by atoms with Crippen LogP contribution in [0.25, 0.3) is 11.2 Å². The lowest BCUT2D eigenvalue weighted by Crippen LogP contribution is -2.40. The average molecular weight is 346 g/mol. The molecule has 0 saturated carbocycles. The van der Waals surface area contributed by atoms with Gasteiger partial charge >= 0.3 is 0 Å². The summed E-state index contributed by atoms with van der Waals surface area (Å²) in [5.74, 6) is -1.70. The predicted octanol–water partition coefficient (Wildman–Crippen LogP) is -0.870. The molecule has 0 unspecified atom stereocenters. The molecule has 2 aromatic heterocycles. The fourth-order valence-corrected chi connectivity index (χ4v) is 2.73. The first-order chi connectivity index (χ1) is 9.33. The topological polar surface area (TPSA) is 140 Å². The smallest absolute Gasteiger partial charge is 0.194 e. The summed E-state index contributed by atoms with van der Waals surface area (Å²) < 4.78 is 6.97. The van der Waals surface area contributed by atoms with Gasteiger partial charge in [0.15, 0.2) is 33.7 Å². The van der Waals surface area contributed by atoms with Crippen LogP contribution in [0.5, 0.6) is 0 Å². The van der Waals surface area contributed by atoms with Crippen LogP contribution in [0.2, 0.25) is 0 Å². The molecule has 20 heavy (non-hydrogen) atoms. The maximum atomic E-state index is 10.0. The Bertz CT molecular complexity index is 675. The zero-order valence-electron chi connectivity index (χ0n) is 10.3. The molecule has 2 aromatic rings. The maximum Gasteiger partial charge on any atom is 0.194 e. The van der Waals surface area contributed by atoms with Crippen molar-refractivity contribution in [3.05, 3.63) is 11.1 Å². The molecule has 1 saturated heterocycles. The van der Waals surface area contributed by atoms with E-state index in [1.807, 2.05) is 0 Å². The van der Waals surface area contributed by atoms with E-state index in [0.717, 1.165) is 0 Å². The van der Waals surface area contributed by atoms with E-state index in [4.69, 9.17) is 10.5 Å². The molecule has 10 heteroatoms. The van der Waals surface area contributed by atoms with Crippen LogP contribution < -0.4 is 5.73 Å². The van der Waals surface area contributed by atoms with E-state index < -0.39 is 24.2 Å². The number of aliphatic hydroxyl groups is 3. The summed E-state index contributed by atoms with van der Waals surface area (Å²) in [5, 5.41) is 29.7. The second kappa shape index (κ2) is 4.33. The maximum absolute atomic E-state index is 10.0. The van der Waals surface area contributed by atoms with Crippen molar-refractivity contribution in [2.75, 3.05) is 5.73 Å². The lowest BCUT2D eigenvalue weighted by molar-refractivity contribution is -0.224. The Morgan fingerprint density at radius 2 is 2.15 bits per heavy atom. The van der Waals surface area contributed by atoms with Gasteiger partial charge in [0.2, 0.25) is 0 Å². The monoisotopic (exact) mass is 345 g/mol. The van der Waals surface area contributed by atoms with Crippen LogP contribution in [0.4, 0.5) is 5.82 Å². The first kappa shape index (κ1) is 13.6. The van der Waals surface area contributed by atoms with Crippen molar-refractivity contribution in [2.24, 2.45) is 0 Å². The summed E-state index contributed by atoms with van der Waals surface area (Å²) in [6.45, 7) is 1.26. The number of imidazole rings is 1. The number of hydrogen-bond donors (Lipinski definition) is 4. The largest absolute Gasteiger partial charge is 0.385 e. The zero-order chi connectivity index (χ0) is 14.7. The zero-order valence-corrected chi connectivity index (χ0v) is 11.9. The summed E-state index contributed by atoms with van der Waals surface area (Å²) in [6, 6.07) is 0. The molecule has 0 bridgehead atoms. The highest BCUT2D eigenvalue weighted by atomic mass is 79.9. The highest BCUT2D eigenvalue weighted by Gasteiger charge is 2.52. The fourth-order valence-electron chi connectivity index (χ4n) is 2.19. The van der Waals surface area contributed by atoms with Gasteiger partial charge in [0.25, 0.3) is 0 Å². The van der Waals surface area contributed by atoms with Crippen LogP contribution in [0.1, 0.15) is 13.2 Å². The van der Waals surface area contributed by atoms with Gasteiger partial charge in [-0.05, 0) is 22.9 Å². The molecular weight excluding hydrogens is 334 g/mol. The summed E-state index contributed by atoms with van der Waals surface area (Å²) in [5.41, 5.74) is 6.35. The van der Waals surface area contributed by atoms with Gasteiger partial charge in [-0.15, -0.1) is 0 Å². The van der Waals surface area contributed by atoms with E-state index in [1.165, 1.54) is 17.8 Å². The van der Waals surface area contributed by atoms with Crippen LogP contribution in [0.3, 0.4) is 0 Å². The predicted molar refractivity (Wildman–Crippen MR) is 70.2 cm³/mol. The second-order valence-corrected chi connectivity index (χ2v) is 5.39. The van der Waals surface area contributed by atoms with Crippen molar-refractivity contribution in [2.45, 2.75) is 31.1 Å². The van der Waals surface area contributed by atoms with Gasteiger partial charge in [-0.3, -0.25) is 4.57 Å². The molecule has 1 aliphatic rings. The normalized spacial score (nSPS) is 34.0. The van der Waals surface area contributed by atoms with Crippen molar-refractivity contribution in [1.82, 2.24) is 19.5 Å². The molecule has 9 nitrogen and oxygen atoms in total. The number of aromatic nitrogens is 4. The summed E-state index contributed by atoms with van der Waals surface area (Å²) in [4.78, 5) is 12.0. The molecule has 3 heterocycles. The van der Waals surface area contributed by atoms with Crippen molar-refractivity contribution in [1.29, 1.82) is 0 Å². The molecule has 1 aliphatic heterocycles. The number of nitrogens with zero attached hydrogens (tertiary/aromatic N) is 4. The van der Waals surface area contributed by atoms with E-state index in [1.54, 1.807) is 0 Å². The molecule has 5 N–H and O–H groups in total. The first-order valence-electron chi connectivity index (χ1n) is 5.73. The Balaban J connectivity index is 2.16. The molecule has 4 atom stereocenters. The van der Waals surface area contributed by atoms with Gasteiger partial charge in [0.1, 0.15) is 18.5 Å². The van der Waals surface area contributed by atoms with Crippen molar-refractivity contribution in [3.63, 3.8) is 0 Å². The summed E-state index contributed by atoms with van der Waals surface area (Å²) in [6.07, 6.45) is -2.63.